The van der Waals surface area contributed by atoms with Crippen LogP contribution in [0, 0.1) is 0 Å². The van der Waals surface area contributed by atoms with Crippen LogP contribution in [0.2, 0.25) is 0 Å². The molecule has 1 saturated heterocycles. The van der Waals surface area contributed by atoms with E-state index in [0.29, 0.717) is 7.92 Å². The van der Waals surface area contributed by atoms with Gasteiger partial charge in [-0.1, -0.05) is 30.3 Å². The number of benzene rings is 1. The first-order chi connectivity index (χ1) is 6.36. The lowest BCUT2D eigenvalue weighted by atomic mass is 10.1. The van der Waals surface area contributed by atoms with Gasteiger partial charge in [-0.25, -0.2) is 0 Å². The van der Waals surface area contributed by atoms with Crippen LogP contribution in [0.1, 0.15) is 18.4 Å². The molecule has 0 amide bonds. The second-order valence-corrected chi connectivity index (χ2v) is 6.66. The third-order valence-electron chi connectivity index (χ3n) is 2.99. The molecule has 0 nitrogen and oxygen atoms in total. The fraction of sp³-hybridized carbons (Fsp3) is 0.500. The molecule has 13 heavy (non-hydrogen) atoms. The molecule has 1 aliphatic rings. The van der Waals surface area contributed by atoms with E-state index in [4.69, 9.17) is 0 Å². The fourth-order valence-electron chi connectivity index (χ4n) is 2.12. The molecule has 1 aromatic rings. The molecule has 1 fully saturated rings. The Bertz CT molecular complexity index is 255. The Morgan fingerprint density at radius 2 is 2.08 bits per heavy atom. The van der Waals surface area contributed by atoms with Crippen molar-refractivity contribution in [1.29, 1.82) is 0 Å². The predicted molar refractivity (Wildman–Crippen MR) is 60.9 cm³/mol. The minimum absolute atomic E-state index is 0.348. The first kappa shape index (κ1) is 9.21. The monoisotopic (exact) mass is 192 g/mol. The lowest BCUT2D eigenvalue weighted by molar-refractivity contribution is 0.774. The van der Waals surface area contributed by atoms with Gasteiger partial charge in [0.25, 0.3) is 0 Å². The molecule has 1 heterocycles. The smallest absolute Gasteiger partial charge is 0.0171 e. The van der Waals surface area contributed by atoms with E-state index in [9.17, 15) is 0 Å². The largest absolute Gasteiger partial charge is 0.106 e. The van der Waals surface area contributed by atoms with Crippen LogP contribution in [-0.2, 0) is 6.42 Å². The Balaban J connectivity index is 1.98. The molecular formula is C12H17P. The maximum atomic E-state index is 2.47. The van der Waals surface area contributed by atoms with Crippen LogP contribution in [0.3, 0.4) is 0 Å². The summed E-state index contributed by atoms with van der Waals surface area (Å²) in [5.74, 6) is 0. The van der Waals surface area contributed by atoms with Gasteiger partial charge in [0.1, 0.15) is 0 Å². The zero-order valence-corrected chi connectivity index (χ0v) is 9.13. The van der Waals surface area contributed by atoms with E-state index < -0.39 is 0 Å². The molecular weight excluding hydrogens is 175 g/mol. The van der Waals surface area contributed by atoms with Gasteiger partial charge >= 0.3 is 0 Å². The Morgan fingerprint density at radius 3 is 2.69 bits per heavy atom. The highest BCUT2D eigenvalue weighted by Crippen LogP contribution is 2.47. The second-order valence-electron chi connectivity index (χ2n) is 3.97. The van der Waals surface area contributed by atoms with Crippen molar-refractivity contribution >= 4 is 7.92 Å². The quantitative estimate of drug-likeness (QED) is 0.629. The van der Waals surface area contributed by atoms with E-state index in [1.165, 1.54) is 31.0 Å². The molecule has 0 aromatic heterocycles. The van der Waals surface area contributed by atoms with Gasteiger partial charge in [-0.15, -0.1) is 7.92 Å². The van der Waals surface area contributed by atoms with Crippen molar-refractivity contribution in [2.45, 2.75) is 24.9 Å². The number of hydrogen-bond donors (Lipinski definition) is 0. The molecule has 0 aliphatic carbocycles. The summed E-state index contributed by atoms with van der Waals surface area (Å²) in [6.45, 7) is 2.47. The van der Waals surface area contributed by atoms with Gasteiger partial charge in [0.15, 0.2) is 0 Å². The van der Waals surface area contributed by atoms with E-state index in [-0.39, 0.29) is 0 Å². The van der Waals surface area contributed by atoms with E-state index >= 15 is 0 Å². The Hall–Kier alpha value is -0.350. The van der Waals surface area contributed by atoms with Crippen molar-refractivity contribution in [3.8, 4) is 0 Å². The summed E-state index contributed by atoms with van der Waals surface area (Å²) in [7, 11) is 0.348. The molecule has 1 aliphatic heterocycles. The van der Waals surface area contributed by atoms with Gasteiger partial charge in [-0.3, -0.25) is 0 Å². The average Bonchev–Trinajstić information content (AvgIpc) is 2.54. The lowest BCUT2D eigenvalue weighted by Gasteiger charge is -2.15. The molecule has 2 rings (SSSR count). The van der Waals surface area contributed by atoms with Crippen LogP contribution < -0.4 is 0 Å². The van der Waals surface area contributed by atoms with Crippen molar-refractivity contribution in [2.24, 2.45) is 0 Å². The highest BCUT2D eigenvalue weighted by Gasteiger charge is 2.22. The standard InChI is InChI=1S/C12H17P/c1-13-9-5-8-12(13)10-11-6-3-2-4-7-11/h2-4,6-7,12H,5,8-10H2,1H3. The summed E-state index contributed by atoms with van der Waals surface area (Å²) in [6, 6.07) is 10.9. The minimum atomic E-state index is 0.348. The summed E-state index contributed by atoms with van der Waals surface area (Å²) < 4.78 is 0. The fourth-order valence-corrected chi connectivity index (χ4v) is 4.32. The summed E-state index contributed by atoms with van der Waals surface area (Å²) in [5.41, 5.74) is 2.54. The van der Waals surface area contributed by atoms with E-state index in [1.54, 1.807) is 0 Å². The van der Waals surface area contributed by atoms with Crippen LogP contribution in [0.25, 0.3) is 0 Å². The molecule has 70 valence electrons. The molecule has 0 spiro atoms. The summed E-state index contributed by atoms with van der Waals surface area (Å²) in [5, 5.41) is 0. The lowest BCUT2D eigenvalue weighted by Crippen LogP contribution is -2.03. The topological polar surface area (TPSA) is 0 Å². The van der Waals surface area contributed by atoms with Crippen LogP contribution in [0.15, 0.2) is 30.3 Å². The van der Waals surface area contributed by atoms with Crippen LogP contribution in [-0.4, -0.2) is 18.5 Å². The zero-order valence-electron chi connectivity index (χ0n) is 8.24. The van der Waals surface area contributed by atoms with Gasteiger partial charge in [-0.05, 0) is 43.3 Å². The number of hydrogen-bond acceptors (Lipinski definition) is 0. The molecule has 1 heteroatoms. The molecule has 0 N–H and O–H groups in total. The Kier molecular flexibility index (Phi) is 3.01. The minimum Gasteiger partial charge on any atom is -0.106 e. The highest BCUT2D eigenvalue weighted by molar-refractivity contribution is 7.57. The van der Waals surface area contributed by atoms with E-state index in [2.05, 4.69) is 37.0 Å². The molecule has 2 unspecified atom stereocenters. The third kappa shape index (κ3) is 2.31. The maximum Gasteiger partial charge on any atom is -0.0171 e. The van der Waals surface area contributed by atoms with Gasteiger partial charge in [0.05, 0.1) is 0 Å². The van der Waals surface area contributed by atoms with Crippen LogP contribution in [0.4, 0.5) is 0 Å². The van der Waals surface area contributed by atoms with Crippen molar-refractivity contribution in [2.75, 3.05) is 12.8 Å². The van der Waals surface area contributed by atoms with Crippen molar-refractivity contribution in [1.82, 2.24) is 0 Å². The molecule has 0 radical (unpaired) electrons. The summed E-state index contributed by atoms with van der Waals surface area (Å²) >= 11 is 0. The van der Waals surface area contributed by atoms with Gasteiger partial charge in [-0.2, -0.15) is 0 Å². The van der Waals surface area contributed by atoms with Crippen molar-refractivity contribution < 1.29 is 0 Å². The number of rotatable bonds is 2. The summed E-state index contributed by atoms with van der Waals surface area (Å²) in [6.07, 6.45) is 5.77. The first-order valence-electron chi connectivity index (χ1n) is 5.10. The summed E-state index contributed by atoms with van der Waals surface area (Å²) in [4.78, 5) is 0. The highest BCUT2D eigenvalue weighted by atomic mass is 31.1. The molecule has 1 aromatic carbocycles. The van der Waals surface area contributed by atoms with E-state index in [1.807, 2.05) is 0 Å². The Morgan fingerprint density at radius 1 is 1.31 bits per heavy atom. The zero-order chi connectivity index (χ0) is 9.10. The maximum absolute atomic E-state index is 2.47. The van der Waals surface area contributed by atoms with Crippen molar-refractivity contribution in [3.63, 3.8) is 0 Å². The molecule has 0 saturated carbocycles. The predicted octanol–water partition coefficient (Wildman–Crippen LogP) is 3.50. The van der Waals surface area contributed by atoms with Gasteiger partial charge < -0.3 is 0 Å². The van der Waals surface area contributed by atoms with Crippen LogP contribution >= 0.6 is 7.92 Å². The van der Waals surface area contributed by atoms with Gasteiger partial charge in [0, 0.05) is 0 Å². The molecule has 0 bridgehead atoms. The van der Waals surface area contributed by atoms with Gasteiger partial charge in [0.2, 0.25) is 0 Å². The normalized spacial score (nSPS) is 27.8. The SMILES string of the molecule is CP1CCCC1Cc1ccccc1. The average molecular weight is 192 g/mol. The third-order valence-corrected chi connectivity index (χ3v) is 5.69. The second kappa shape index (κ2) is 4.24. The Labute approximate surface area is 82.1 Å². The first-order valence-corrected chi connectivity index (χ1v) is 7.15. The van der Waals surface area contributed by atoms with Crippen molar-refractivity contribution in [3.05, 3.63) is 35.9 Å². The van der Waals surface area contributed by atoms with E-state index in [0.717, 1.165) is 5.66 Å². The van der Waals surface area contributed by atoms with Crippen LogP contribution in [0.5, 0.6) is 0 Å². The molecule has 2 atom stereocenters.